The van der Waals surface area contributed by atoms with Crippen LogP contribution in [0.2, 0.25) is 0 Å². The Bertz CT molecular complexity index is 456. The SMILES string of the molecule is CC#CCCOc1cccc2c1CCC2NCC. The van der Waals surface area contributed by atoms with Gasteiger partial charge in [0.25, 0.3) is 0 Å². The van der Waals surface area contributed by atoms with Gasteiger partial charge >= 0.3 is 0 Å². The van der Waals surface area contributed by atoms with Crippen molar-refractivity contribution < 1.29 is 4.74 Å². The molecular weight excluding hydrogens is 222 g/mol. The number of benzene rings is 1. The Labute approximate surface area is 110 Å². The molecule has 1 aliphatic rings. The molecule has 2 rings (SSSR count). The van der Waals surface area contributed by atoms with Crippen molar-refractivity contribution in [2.45, 2.75) is 39.2 Å². The van der Waals surface area contributed by atoms with Crippen LogP contribution in [0.3, 0.4) is 0 Å². The second-order valence-electron chi connectivity index (χ2n) is 4.50. The van der Waals surface area contributed by atoms with Crippen LogP contribution >= 0.6 is 0 Å². The van der Waals surface area contributed by atoms with Crippen molar-refractivity contribution in [3.8, 4) is 17.6 Å². The molecule has 0 saturated heterocycles. The molecule has 1 aliphatic carbocycles. The lowest BCUT2D eigenvalue weighted by molar-refractivity contribution is 0.324. The maximum absolute atomic E-state index is 5.85. The van der Waals surface area contributed by atoms with Crippen LogP contribution in [0.25, 0.3) is 0 Å². The molecule has 2 nitrogen and oxygen atoms in total. The van der Waals surface area contributed by atoms with Gasteiger partial charge in [-0.2, -0.15) is 0 Å². The monoisotopic (exact) mass is 243 g/mol. The zero-order valence-electron chi connectivity index (χ0n) is 11.3. The molecule has 1 unspecified atom stereocenters. The maximum atomic E-state index is 5.85. The van der Waals surface area contributed by atoms with Crippen molar-refractivity contribution in [3.05, 3.63) is 29.3 Å². The summed E-state index contributed by atoms with van der Waals surface area (Å²) in [5.74, 6) is 6.97. The summed E-state index contributed by atoms with van der Waals surface area (Å²) in [7, 11) is 0. The Morgan fingerprint density at radius 3 is 3.11 bits per heavy atom. The highest BCUT2D eigenvalue weighted by molar-refractivity contribution is 5.45. The Balaban J connectivity index is 2.06. The average molecular weight is 243 g/mol. The van der Waals surface area contributed by atoms with Gasteiger partial charge in [-0.1, -0.05) is 19.1 Å². The van der Waals surface area contributed by atoms with Gasteiger partial charge < -0.3 is 10.1 Å². The standard InChI is InChI=1S/C16H21NO/c1-3-5-6-12-18-16-9-7-8-13-14(16)10-11-15(13)17-4-2/h7-9,15,17H,4,6,10-12H2,1-2H3. The molecule has 0 radical (unpaired) electrons. The quantitative estimate of drug-likeness (QED) is 0.634. The zero-order valence-corrected chi connectivity index (χ0v) is 11.3. The third-order valence-electron chi connectivity index (χ3n) is 3.34. The minimum absolute atomic E-state index is 0.504. The molecule has 18 heavy (non-hydrogen) atoms. The Hall–Kier alpha value is -1.46. The summed E-state index contributed by atoms with van der Waals surface area (Å²) >= 11 is 0. The number of rotatable bonds is 5. The molecule has 1 aromatic carbocycles. The minimum Gasteiger partial charge on any atom is -0.492 e. The molecular formula is C16H21NO. The van der Waals surface area contributed by atoms with Gasteiger partial charge in [0.1, 0.15) is 5.75 Å². The van der Waals surface area contributed by atoms with Gasteiger partial charge in [0.2, 0.25) is 0 Å². The van der Waals surface area contributed by atoms with Gasteiger partial charge in [0.15, 0.2) is 0 Å². The van der Waals surface area contributed by atoms with Crippen LogP contribution in [0.15, 0.2) is 18.2 Å². The molecule has 0 spiro atoms. The van der Waals surface area contributed by atoms with Gasteiger partial charge in [0, 0.05) is 12.5 Å². The van der Waals surface area contributed by atoms with E-state index in [0.717, 1.165) is 25.1 Å². The van der Waals surface area contributed by atoms with E-state index in [4.69, 9.17) is 4.74 Å². The topological polar surface area (TPSA) is 21.3 Å². The molecule has 1 N–H and O–H groups in total. The first-order chi connectivity index (χ1) is 8.86. The summed E-state index contributed by atoms with van der Waals surface area (Å²) in [6.45, 7) is 5.72. The number of hydrogen-bond acceptors (Lipinski definition) is 2. The van der Waals surface area contributed by atoms with E-state index < -0.39 is 0 Å². The van der Waals surface area contributed by atoms with Gasteiger partial charge in [-0.25, -0.2) is 0 Å². The number of nitrogens with one attached hydrogen (secondary N) is 1. The van der Waals surface area contributed by atoms with Crippen molar-refractivity contribution in [1.82, 2.24) is 5.32 Å². The van der Waals surface area contributed by atoms with Crippen LogP contribution in [0, 0.1) is 11.8 Å². The first kappa shape index (κ1) is 13.0. The Kier molecular flexibility index (Phi) is 4.66. The van der Waals surface area contributed by atoms with E-state index in [2.05, 4.69) is 42.3 Å². The lowest BCUT2D eigenvalue weighted by Gasteiger charge is -2.13. The van der Waals surface area contributed by atoms with Crippen LogP contribution in [0.1, 0.15) is 43.9 Å². The van der Waals surface area contributed by atoms with Crippen LogP contribution < -0.4 is 10.1 Å². The van der Waals surface area contributed by atoms with Gasteiger partial charge in [0.05, 0.1) is 6.61 Å². The summed E-state index contributed by atoms with van der Waals surface area (Å²) in [4.78, 5) is 0. The first-order valence-electron chi connectivity index (χ1n) is 6.74. The predicted octanol–water partition coefficient (Wildman–Crippen LogP) is 3.08. The van der Waals surface area contributed by atoms with E-state index in [1.54, 1.807) is 0 Å². The van der Waals surface area contributed by atoms with Crippen LogP contribution in [-0.4, -0.2) is 13.2 Å². The fraction of sp³-hybridized carbons (Fsp3) is 0.500. The van der Waals surface area contributed by atoms with Crippen molar-refractivity contribution in [3.63, 3.8) is 0 Å². The fourth-order valence-corrected chi connectivity index (χ4v) is 2.55. The number of hydrogen-bond donors (Lipinski definition) is 1. The normalized spacial score (nSPS) is 16.9. The van der Waals surface area contributed by atoms with E-state index in [1.165, 1.54) is 17.5 Å². The third kappa shape index (κ3) is 2.86. The van der Waals surface area contributed by atoms with Crippen molar-refractivity contribution in [2.24, 2.45) is 0 Å². The summed E-state index contributed by atoms with van der Waals surface area (Å²) in [6, 6.07) is 6.89. The fourth-order valence-electron chi connectivity index (χ4n) is 2.55. The van der Waals surface area contributed by atoms with Crippen LogP contribution in [0.5, 0.6) is 5.75 Å². The Morgan fingerprint density at radius 1 is 1.44 bits per heavy atom. The van der Waals surface area contributed by atoms with Crippen molar-refractivity contribution >= 4 is 0 Å². The van der Waals surface area contributed by atoms with Gasteiger partial charge in [-0.05, 0) is 43.5 Å². The molecule has 0 bridgehead atoms. The van der Waals surface area contributed by atoms with E-state index in [-0.39, 0.29) is 0 Å². The molecule has 0 heterocycles. The van der Waals surface area contributed by atoms with E-state index >= 15 is 0 Å². The predicted molar refractivity (Wildman–Crippen MR) is 74.7 cm³/mol. The van der Waals surface area contributed by atoms with Crippen molar-refractivity contribution in [1.29, 1.82) is 0 Å². The zero-order chi connectivity index (χ0) is 12.8. The van der Waals surface area contributed by atoms with E-state index in [9.17, 15) is 0 Å². The van der Waals surface area contributed by atoms with Crippen LogP contribution in [-0.2, 0) is 6.42 Å². The molecule has 96 valence electrons. The lowest BCUT2D eigenvalue weighted by atomic mass is 10.1. The molecule has 0 saturated carbocycles. The molecule has 2 heteroatoms. The summed E-state index contributed by atoms with van der Waals surface area (Å²) in [6.07, 6.45) is 3.09. The smallest absolute Gasteiger partial charge is 0.122 e. The summed E-state index contributed by atoms with van der Waals surface area (Å²) in [5.41, 5.74) is 2.80. The molecule has 0 fully saturated rings. The second kappa shape index (κ2) is 6.47. The van der Waals surface area contributed by atoms with Gasteiger partial charge in [-0.15, -0.1) is 11.8 Å². The molecule has 0 aromatic heterocycles. The highest BCUT2D eigenvalue weighted by atomic mass is 16.5. The van der Waals surface area contributed by atoms with E-state index in [1.807, 2.05) is 6.92 Å². The molecule has 0 amide bonds. The number of fused-ring (bicyclic) bond motifs is 1. The maximum Gasteiger partial charge on any atom is 0.122 e. The highest BCUT2D eigenvalue weighted by Crippen LogP contribution is 2.36. The lowest BCUT2D eigenvalue weighted by Crippen LogP contribution is -2.18. The first-order valence-corrected chi connectivity index (χ1v) is 6.74. The summed E-state index contributed by atoms with van der Waals surface area (Å²) in [5, 5.41) is 3.53. The van der Waals surface area contributed by atoms with Crippen molar-refractivity contribution in [2.75, 3.05) is 13.2 Å². The minimum atomic E-state index is 0.504. The second-order valence-corrected chi connectivity index (χ2v) is 4.50. The third-order valence-corrected chi connectivity index (χ3v) is 3.34. The highest BCUT2D eigenvalue weighted by Gasteiger charge is 2.24. The van der Waals surface area contributed by atoms with Crippen LogP contribution in [0.4, 0.5) is 0 Å². The molecule has 1 atom stereocenters. The average Bonchev–Trinajstić information content (AvgIpc) is 2.79. The molecule has 0 aliphatic heterocycles. The molecule has 1 aromatic rings. The largest absolute Gasteiger partial charge is 0.492 e. The van der Waals surface area contributed by atoms with E-state index in [0.29, 0.717) is 12.6 Å². The summed E-state index contributed by atoms with van der Waals surface area (Å²) < 4.78 is 5.85. The Morgan fingerprint density at radius 2 is 2.33 bits per heavy atom. The van der Waals surface area contributed by atoms with Gasteiger partial charge in [-0.3, -0.25) is 0 Å². The number of ether oxygens (including phenoxy) is 1.